The van der Waals surface area contributed by atoms with Crippen molar-refractivity contribution >= 4 is 15.9 Å². The van der Waals surface area contributed by atoms with E-state index in [1.807, 2.05) is 0 Å². The van der Waals surface area contributed by atoms with Crippen LogP contribution >= 0.6 is 15.9 Å². The van der Waals surface area contributed by atoms with E-state index in [1.165, 1.54) is 6.07 Å². The summed E-state index contributed by atoms with van der Waals surface area (Å²) in [7, 11) is 0. The van der Waals surface area contributed by atoms with E-state index in [1.54, 1.807) is 0 Å². The number of ether oxygens (including phenoxy) is 1. The summed E-state index contributed by atoms with van der Waals surface area (Å²) < 4.78 is 51.3. The van der Waals surface area contributed by atoms with Gasteiger partial charge in [-0.3, -0.25) is 0 Å². The fourth-order valence-electron chi connectivity index (χ4n) is 0.734. The first-order chi connectivity index (χ1) is 6.83. The van der Waals surface area contributed by atoms with Gasteiger partial charge < -0.3 is 4.74 Å². The molecule has 0 N–H and O–H groups in total. The van der Waals surface area contributed by atoms with Crippen molar-refractivity contribution in [1.29, 1.82) is 5.26 Å². The van der Waals surface area contributed by atoms with Crippen molar-refractivity contribution in [2.75, 3.05) is 0 Å². The van der Waals surface area contributed by atoms with Crippen molar-refractivity contribution in [3.8, 4) is 11.9 Å². The van der Waals surface area contributed by atoms with Crippen molar-refractivity contribution < 1.29 is 22.3 Å². The SMILES string of the molecule is N#Cc1c(Br)cc(OC(F)(F)F)nc1F. The zero-order valence-corrected chi connectivity index (χ0v) is 8.36. The van der Waals surface area contributed by atoms with Gasteiger partial charge in [-0.2, -0.15) is 14.6 Å². The second-order valence-electron chi connectivity index (χ2n) is 2.27. The minimum absolute atomic E-state index is 0.156. The normalized spacial score (nSPS) is 10.9. The lowest BCUT2D eigenvalue weighted by Gasteiger charge is -2.08. The monoisotopic (exact) mass is 284 g/mol. The Bertz CT molecular complexity index is 403. The Morgan fingerprint density at radius 2 is 2.07 bits per heavy atom. The molecule has 0 radical (unpaired) electrons. The lowest BCUT2D eigenvalue weighted by Crippen LogP contribution is -2.18. The number of pyridine rings is 1. The quantitative estimate of drug-likeness (QED) is 0.588. The fourth-order valence-corrected chi connectivity index (χ4v) is 1.18. The van der Waals surface area contributed by atoms with Crippen molar-refractivity contribution in [2.24, 2.45) is 0 Å². The third-order valence-electron chi connectivity index (χ3n) is 1.24. The number of hydrogen-bond acceptors (Lipinski definition) is 3. The summed E-state index contributed by atoms with van der Waals surface area (Å²) in [6.07, 6.45) is -4.95. The topological polar surface area (TPSA) is 45.9 Å². The van der Waals surface area contributed by atoms with Crippen LogP contribution < -0.4 is 4.74 Å². The summed E-state index contributed by atoms with van der Waals surface area (Å²) in [6.45, 7) is 0. The third kappa shape index (κ3) is 3.06. The summed E-state index contributed by atoms with van der Waals surface area (Å²) >= 11 is 2.72. The minimum atomic E-state index is -4.95. The van der Waals surface area contributed by atoms with Gasteiger partial charge in [0.2, 0.25) is 11.8 Å². The van der Waals surface area contributed by atoms with Gasteiger partial charge in [-0.05, 0) is 15.9 Å². The van der Waals surface area contributed by atoms with E-state index in [4.69, 9.17) is 5.26 Å². The van der Waals surface area contributed by atoms with Gasteiger partial charge in [0.05, 0.1) is 0 Å². The molecule has 1 aromatic heterocycles. The molecule has 0 saturated carbocycles. The standard InChI is InChI=1S/C7HBrF4N2O/c8-4-1-5(15-7(10,11)12)14-6(9)3(4)2-13/h1H. The molecule has 0 bridgehead atoms. The highest BCUT2D eigenvalue weighted by Gasteiger charge is 2.32. The van der Waals surface area contributed by atoms with E-state index in [2.05, 4.69) is 25.7 Å². The lowest BCUT2D eigenvalue weighted by molar-refractivity contribution is -0.276. The largest absolute Gasteiger partial charge is 0.574 e. The van der Waals surface area contributed by atoms with Crippen LogP contribution in [0.2, 0.25) is 0 Å². The van der Waals surface area contributed by atoms with Gasteiger partial charge >= 0.3 is 6.36 Å². The molecule has 3 nitrogen and oxygen atoms in total. The summed E-state index contributed by atoms with van der Waals surface area (Å²) in [5.74, 6) is -2.29. The molecule has 0 amide bonds. The van der Waals surface area contributed by atoms with Crippen LogP contribution in [-0.4, -0.2) is 11.3 Å². The first-order valence-electron chi connectivity index (χ1n) is 3.35. The summed E-state index contributed by atoms with van der Waals surface area (Å²) in [5, 5.41) is 8.40. The number of nitriles is 1. The average Bonchev–Trinajstić information content (AvgIpc) is 1.99. The molecule has 0 atom stereocenters. The lowest BCUT2D eigenvalue weighted by atomic mass is 10.3. The number of nitrogens with zero attached hydrogens (tertiary/aromatic N) is 2. The van der Waals surface area contributed by atoms with Gasteiger partial charge in [0.15, 0.2) is 0 Å². The van der Waals surface area contributed by atoms with E-state index in [-0.39, 0.29) is 4.47 Å². The Kier molecular flexibility index (Phi) is 3.14. The molecule has 15 heavy (non-hydrogen) atoms. The summed E-state index contributed by atoms with van der Waals surface area (Å²) in [5.41, 5.74) is -0.482. The maximum atomic E-state index is 12.9. The Labute approximate surface area is 89.4 Å². The van der Waals surface area contributed by atoms with Gasteiger partial charge in [-0.25, -0.2) is 0 Å². The molecule has 0 unspecified atom stereocenters. The smallest absolute Gasteiger partial charge is 0.388 e. The van der Waals surface area contributed by atoms with Crippen LogP contribution in [0, 0.1) is 17.3 Å². The van der Waals surface area contributed by atoms with Gasteiger partial charge in [0.1, 0.15) is 11.6 Å². The van der Waals surface area contributed by atoms with E-state index in [0.717, 1.165) is 6.07 Å². The molecule has 8 heteroatoms. The van der Waals surface area contributed by atoms with Gasteiger partial charge in [0, 0.05) is 10.5 Å². The van der Waals surface area contributed by atoms with Gasteiger partial charge in [-0.15, -0.1) is 13.2 Å². The predicted octanol–water partition coefficient (Wildman–Crippen LogP) is 2.75. The molecule has 1 rings (SSSR count). The van der Waals surface area contributed by atoms with Crippen LogP contribution in [0.4, 0.5) is 17.6 Å². The molecule has 0 aromatic carbocycles. The molecule has 80 valence electrons. The van der Waals surface area contributed by atoms with E-state index >= 15 is 0 Å². The van der Waals surface area contributed by atoms with Gasteiger partial charge in [0.25, 0.3) is 0 Å². The third-order valence-corrected chi connectivity index (χ3v) is 1.86. The summed E-state index contributed by atoms with van der Waals surface area (Å²) in [4.78, 5) is 2.83. The van der Waals surface area contributed by atoms with E-state index in [9.17, 15) is 17.6 Å². The van der Waals surface area contributed by atoms with Crippen molar-refractivity contribution in [3.63, 3.8) is 0 Å². The fraction of sp³-hybridized carbons (Fsp3) is 0.143. The minimum Gasteiger partial charge on any atom is -0.388 e. The van der Waals surface area contributed by atoms with Crippen LogP contribution in [0.15, 0.2) is 10.5 Å². The zero-order chi connectivity index (χ0) is 11.6. The van der Waals surface area contributed by atoms with E-state index in [0.29, 0.717) is 0 Å². The highest BCUT2D eigenvalue weighted by molar-refractivity contribution is 9.10. The Morgan fingerprint density at radius 1 is 1.47 bits per heavy atom. The molecule has 1 aromatic rings. The van der Waals surface area contributed by atoms with Crippen molar-refractivity contribution in [3.05, 3.63) is 22.1 Å². The van der Waals surface area contributed by atoms with Crippen molar-refractivity contribution in [1.82, 2.24) is 4.98 Å². The Balaban J connectivity index is 3.11. The maximum absolute atomic E-state index is 12.9. The molecule has 0 aliphatic carbocycles. The van der Waals surface area contributed by atoms with Crippen LogP contribution in [0.3, 0.4) is 0 Å². The summed E-state index contributed by atoms with van der Waals surface area (Å²) in [6, 6.07) is 2.19. The van der Waals surface area contributed by atoms with Gasteiger partial charge in [-0.1, -0.05) is 0 Å². The first-order valence-corrected chi connectivity index (χ1v) is 4.14. The molecule has 0 aliphatic rings. The van der Waals surface area contributed by atoms with Crippen LogP contribution in [-0.2, 0) is 0 Å². The van der Waals surface area contributed by atoms with E-state index < -0.39 is 23.8 Å². The molecule has 0 fully saturated rings. The highest BCUT2D eigenvalue weighted by atomic mass is 79.9. The van der Waals surface area contributed by atoms with Crippen LogP contribution in [0.1, 0.15) is 5.56 Å². The molecule has 0 aliphatic heterocycles. The van der Waals surface area contributed by atoms with Crippen LogP contribution in [0.5, 0.6) is 5.88 Å². The molecular formula is C7HBrF4N2O. The zero-order valence-electron chi connectivity index (χ0n) is 6.77. The Hall–Kier alpha value is -1.36. The second-order valence-corrected chi connectivity index (χ2v) is 3.12. The number of halogens is 5. The molecular weight excluding hydrogens is 284 g/mol. The molecule has 1 heterocycles. The number of alkyl halides is 3. The number of hydrogen-bond donors (Lipinski definition) is 0. The Morgan fingerprint density at radius 3 is 2.47 bits per heavy atom. The second kappa shape index (κ2) is 4.02. The maximum Gasteiger partial charge on any atom is 0.574 e. The van der Waals surface area contributed by atoms with Crippen LogP contribution in [0.25, 0.3) is 0 Å². The average molecular weight is 285 g/mol. The predicted molar refractivity (Wildman–Crippen MR) is 43.3 cm³/mol. The molecule has 0 spiro atoms. The number of rotatable bonds is 1. The van der Waals surface area contributed by atoms with Crippen molar-refractivity contribution in [2.45, 2.75) is 6.36 Å². The highest BCUT2D eigenvalue weighted by Crippen LogP contribution is 2.26. The first kappa shape index (κ1) is 11.7. The molecule has 0 saturated heterocycles. The number of aromatic nitrogens is 1.